The second-order valence-electron chi connectivity index (χ2n) is 11.0. The molecule has 4 N–H and O–H groups in total. The molecule has 12 nitrogen and oxygen atoms in total. The molecule has 0 radical (unpaired) electrons. The molecule has 2 aromatic heterocycles. The number of methoxy groups -OCH3 is 3. The largest absolute Gasteiger partial charge is 0.505 e. The van der Waals surface area contributed by atoms with Gasteiger partial charge in [-0.2, -0.15) is 10.1 Å². The number of H-pyrrole nitrogens is 1. The molecule has 0 amide bonds. The van der Waals surface area contributed by atoms with Gasteiger partial charge in [-0.05, 0) is 54.2 Å². The first-order valence-corrected chi connectivity index (χ1v) is 17.6. The number of piperidine rings is 1. The summed E-state index contributed by atoms with van der Waals surface area (Å²) < 4.78 is 44.6. The van der Waals surface area contributed by atoms with Crippen molar-refractivity contribution >= 4 is 57.2 Å². The SMILES string of the molecule is COc1cc(N2CCC(C(OC)OC)CC2)c(-c2cn[nH]c2)cc1Nc1ncc(Br)c(Nc2cc(F)c(O)cc2P(C)(C)=O)n1. The number of aromatic amines is 1. The third kappa shape index (κ3) is 7.25. The molecule has 1 fully saturated rings. The molecule has 0 aliphatic carbocycles. The maximum atomic E-state index is 14.3. The number of phenols is 1. The molecular formula is C30H36BrFN7O5P. The fourth-order valence-electron chi connectivity index (χ4n) is 5.48. The van der Waals surface area contributed by atoms with E-state index < -0.39 is 18.7 Å². The van der Waals surface area contributed by atoms with Crippen molar-refractivity contribution in [3.8, 4) is 22.6 Å². The lowest BCUT2D eigenvalue weighted by atomic mass is 9.94. The Labute approximate surface area is 269 Å². The van der Waals surface area contributed by atoms with E-state index in [-0.39, 0.29) is 23.2 Å². The molecule has 1 aliphatic heterocycles. The van der Waals surface area contributed by atoms with Crippen LogP contribution in [0.5, 0.6) is 11.5 Å². The van der Waals surface area contributed by atoms with Crippen molar-refractivity contribution in [1.82, 2.24) is 20.2 Å². The highest BCUT2D eigenvalue weighted by atomic mass is 79.9. The second-order valence-corrected chi connectivity index (χ2v) is 15.1. The minimum Gasteiger partial charge on any atom is -0.505 e. The van der Waals surface area contributed by atoms with Crippen LogP contribution in [0.3, 0.4) is 0 Å². The van der Waals surface area contributed by atoms with E-state index in [1.165, 1.54) is 6.07 Å². The van der Waals surface area contributed by atoms with Crippen molar-refractivity contribution in [1.29, 1.82) is 0 Å². The molecule has 1 aliphatic rings. The molecule has 5 rings (SSSR count). The predicted molar refractivity (Wildman–Crippen MR) is 177 cm³/mol. The van der Waals surface area contributed by atoms with Crippen LogP contribution in [0.4, 0.5) is 33.2 Å². The van der Waals surface area contributed by atoms with Crippen LogP contribution in [0.25, 0.3) is 11.1 Å². The first-order chi connectivity index (χ1) is 21.5. The van der Waals surface area contributed by atoms with Crippen molar-refractivity contribution in [2.45, 2.75) is 19.1 Å². The van der Waals surface area contributed by atoms with Gasteiger partial charge in [0.05, 0.1) is 29.2 Å². The smallest absolute Gasteiger partial charge is 0.229 e. The summed E-state index contributed by atoms with van der Waals surface area (Å²) in [7, 11) is 2.04. The summed E-state index contributed by atoms with van der Waals surface area (Å²) in [6.07, 6.45) is 6.71. The number of halogens is 2. The van der Waals surface area contributed by atoms with Gasteiger partial charge in [-0.25, -0.2) is 9.37 Å². The molecule has 0 bridgehead atoms. The number of ether oxygens (including phenoxy) is 3. The van der Waals surface area contributed by atoms with Crippen molar-refractivity contribution in [2.75, 3.05) is 63.3 Å². The highest BCUT2D eigenvalue weighted by Gasteiger charge is 2.29. The van der Waals surface area contributed by atoms with Gasteiger partial charge in [-0.3, -0.25) is 5.10 Å². The zero-order valence-corrected chi connectivity index (χ0v) is 28.1. The number of benzene rings is 2. The topological polar surface area (TPSA) is 147 Å². The molecular weight excluding hydrogens is 668 g/mol. The summed E-state index contributed by atoms with van der Waals surface area (Å²) in [5.74, 6) is -0.0289. The molecule has 15 heteroatoms. The van der Waals surface area contributed by atoms with Gasteiger partial charge in [0.15, 0.2) is 17.9 Å². The predicted octanol–water partition coefficient (Wildman–Crippen LogP) is 6.05. The summed E-state index contributed by atoms with van der Waals surface area (Å²) in [4.78, 5) is 11.3. The van der Waals surface area contributed by atoms with Crippen LogP contribution in [0.15, 0.2) is 47.3 Å². The van der Waals surface area contributed by atoms with E-state index in [0.29, 0.717) is 27.6 Å². The minimum atomic E-state index is -2.89. The fourth-order valence-corrected chi connectivity index (χ4v) is 6.90. The van der Waals surface area contributed by atoms with E-state index in [2.05, 4.69) is 51.6 Å². The number of phenolic OH excluding ortho intramolecular Hbond substituents is 1. The van der Waals surface area contributed by atoms with Crippen LogP contribution in [-0.4, -0.2) is 79.3 Å². The number of aromatic nitrogens is 4. The quantitative estimate of drug-likeness (QED) is 0.0822. The number of hydrogen-bond donors (Lipinski definition) is 4. The van der Waals surface area contributed by atoms with Crippen LogP contribution in [0, 0.1) is 11.7 Å². The van der Waals surface area contributed by atoms with Gasteiger partial charge in [0, 0.05) is 79.9 Å². The maximum absolute atomic E-state index is 14.3. The monoisotopic (exact) mass is 703 g/mol. The Bertz CT molecular complexity index is 1690. The Hall–Kier alpha value is -3.71. The Morgan fingerprint density at radius 3 is 2.44 bits per heavy atom. The van der Waals surface area contributed by atoms with E-state index in [9.17, 15) is 14.1 Å². The average molecular weight is 705 g/mol. The maximum Gasteiger partial charge on any atom is 0.229 e. The number of rotatable bonds is 11. The van der Waals surface area contributed by atoms with Crippen molar-refractivity contribution in [2.24, 2.45) is 5.92 Å². The first kappa shape index (κ1) is 32.7. The molecule has 240 valence electrons. The van der Waals surface area contributed by atoms with E-state index in [1.807, 2.05) is 18.3 Å². The molecule has 45 heavy (non-hydrogen) atoms. The molecule has 3 heterocycles. The lowest BCUT2D eigenvalue weighted by molar-refractivity contribution is -0.141. The van der Waals surface area contributed by atoms with Crippen molar-refractivity contribution < 1.29 is 28.3 Å². The number of hydrogen-bond acceptors (Lipinski definition) is 11. The van der Waals surface area contributed by atoms with Gasteiger partial charge < -0.3 is 39.4 Å². The summed E-state index contributed by atoms with van der Waals surface area (Å²) in [6, 6.07) is 6.22. The Morgan fingerprint density at radius 2 is 1.82 bits per heavy atom. The fraction of sp³-hybridized carbons (Fsp3) is 0.367. The molecule has 0 spiro atoms. The van der Waals surface area contributed by atoms with E-state index in [0.717, 1.165) is 48.8 Å². The van der Waals surface area contributed by atoms with Gasteiger partial charge in [0.1, 0.15) is 18.7 Å². The van der Waals surface area contributed by atoms with E-state index in [4.69, 9.17) is 14.2 Å². The van der Waals surface area contributed by atoms with Crippen LogP contribution in [-0.2, 0) is 14.0 Å². The van der Waals surface area contributed by atoms with Gasteiger partial charge in [-0.15, -0.1) is 0 Å². The van der Waals surface area contributed by atoms with E-state index >= 15 is 0 Å². The zero-order chi connectivity index (χ0) is 32.3. The van der Waals surface area contributed by atoms with Gasteiger partial charge in [0.25, 0.3) is 0 Å². The Balaban J connectivity index is 1.47. The van der Waals surface area contributed by atoms with Crippen molar-refractivity contribution in [3.63, 3.8) is 0 Å². The molecule has 2 aromatic carbocycles. The second kappa shape index (κ2) is 13.7. The average Bonchev–Trinajstić information content (AvgIpc) is 3.56. The molecule has 0 unspecified atom stereocenters. The lowest BCUT2D eigenvalue weighted by Crippen LogP contribution is -2.39. The zero-order valence-electron chi connectivity index (χ0n) is 25.6. The highest BCUT2D eigenvalue weighted by Crippen LogP contribution is 2.43. The van der Waals surface area contributed by atoms with Gasteiger partial charge in [-0.1, -0.05) is 0 Å². The number of nitrogens with one attached hydrogen (secondary N) is 3. The Kier molecular flexibility index (Phi) is 9.97. The molecule has 4 aromatic rings. The third-order valence-electron chi connectivity index (χ3n) is 7.75. The number of nitrogens with zero attached hydrogens (tertiary/aromatic N) is 4. The summed E-state index contributed by atoms with van der Waals surface area (Å²) in [5.41, 5.74) is 3.66. The van der Waals surface area contributed by atoms with Crippen LogP contribution in [0.1, 0.15) is 12.8 Å². The molecule has 0 saturated carbocycles. The third-order valence-corrected chi connectivity index (χ3v) is 9.86. The van der Waals surface area contributed by atoms with Crippen LogP contribution < -0.4 is 25.6 Å². The summed E-state index contributed by atoms with van der Waals surface area (Å²) in [5, 5.41) is 23.6. The molecule has 0 atom stereocenters. The lowest BCUT2D eigenvalue weighted by Gasteiger charge is -2.37. The molecule has 1 saturated heterocycles. The summed E-state index contributed by atoms with van der Waals surface area (Å²) >= 11 is 3.44. The van der Waals surface area contributed by atoms with Crippen molar-refractivity contribution in [3.05, 3.63) is 53.1 Å². The minimum absolute atomic E-state index is 0.222. The summed E-state index contributed by atoms with van der Waals surface area (Å²) in [6.45, 7) is 4.70. The van der Waals surface area contributed by atoms with E-state index in [1.54, 1.807) is 47.1 Å². The van der Waals surface area contributed by atoms with Gasteiger partial charge >= 0.3 is 0 Å². The normalized spacial score (nSPS) is 14.2. The van der Waals surface area contributed by atoms with Gasteiger partial charge in [0.2, 0.25) is 5.95 Å². The highest BCUT2D eigenvalue weighted by molar-refractivity contribution is 9.10. The Morgan fingerprint density at radius 1 is 1.09 bits per heavy atom. The first-order valence-electron chi connectivity index (χ1n) is 14.2. The standard InChI is InChI=1S/C30H36BrFN7O5P/c1-42-26-12-24(39-8-6-17(7-9-39)29(43-2)44-3)19(18-14-34-35-15-18)10-22(26)37-30-33-16-20(31)28(38-30)36-23-11-21(32)25(40)13-27(23)45(4,5)41/h10-17,29,40H,6-9H2,1-5H3,(H,34,35)(H2,33,36,37,38). The van der Waals surface area contributed by atoms with Crippen LogP contribution >= 0.6 is 23.1 Å². The number of anilines is 5. The number of aromatic hydroxyl groups is 1. The van der Waals surface area contributed by atoms with Crippen LogP contribution in [0.2, 0.25) is 0 Å².